The van der Waals surface area contributed by atoms with Gasteiger partial charge in [-0.2, -0.15) is 0 Å². The van der Waals surface area contributed by atoms with Crippen LogP contribution in [0.1, 0.15) is 20.3 Å². The highest BCUT2D eigenvalue weighted by Gasteiger charge is 2.21. The molecule has 1 N–H and O–H groups in total. The number of hydrogen-bond acceptors (Lipinski definition) is 5. The highest BCUT2D eigenvalue weighted by molar-refractivity contribution is 7.53. The van der Waals surface area contributed by atoms with Gasteiger partial charge in [0.25, 0.3) is 0 Å². The molecule has 0 aliphatic rings. The second-order valence-corrected chi connectivity index (χ2v) is 4.44. The molecule has 0 aromatic carbocycles. The summed E-state index contributed by atoms with van der Waals surface area (Å²) in [5.74, 6) is 0. The fourth-order valence-corrected chi connectivity index (χ4v) is 2.38. The monoisotopic (exact) mass is 209 g/mol. The molecule has 0 aliphatic heterocycles. The van der Waals surface area contributed by atoms with Crippen LogP contribution < -0.4 is 0 Å². The molecular formula is C7H16NO4P. The van der Waals surface area contributed by atoms with E-state index in [9.17, 15) is 4.57 Å². The molecule has 0 bridgehead atoms. The van der Waals surface area contributed by atoms with Gasteiger partial charge in [-0.15, -0.1) is 5.16 Å². The van der Waals surface area contributed by atoms with Gasteiger partial charge in [-0.1, -0.05) is 0 Å². The van der Waals surface area contributed by atoms with Crippen LogP contribution in [0.3, 0.4) is 0 Å². The standard InChI is InChI=1S/C7H16NO4P/c1-3-11-13(10,12-4-2)7-5-6-8-9/h6,9H,3-5,7H2,1-2H3/b8-6+. The SMILES string of the molecule is CCOP(=O)(CC/C=N/O)OCC. The maximum absolute atomic E-state index is 11.7. The van der Waals surface area contributed by atoms with Crippen LogP contribution in [0, 0.1) is 0 Å². The predicted octanol–water partition coefficient (Wildman–Crippen LogP) is 2.10. The minimum absolute atomic E-state index is 0.249. The van der Waals surface area contributed by atoms with Gasteiger partial charge in [-0.3, -0.25) is 4.57 Å². The lowest BCUT2D eigenvalue weighted by Gasteiger charge is -2.15. The van der Waals surface area contributed by atoms with E-state index in [-0.39, 0.29) is 6.16 Å². The first kappa shape index (κ1) is 12.6. The van der Waals surface area contributed by atoms with Gasteiger partial charge in [0.15, 0.2) is 0 Å². The second-order valence-electron chi connectivity index (χ2n) is 2.26. The van der Waals surface area contributed by atoms with Crippen molar-refractivity contribution in [3.63, 3.8) is 0 Å². The Morgan fingerprint density at radius 1 is 1.38 bits per heavy atom. The zero-order valence-corrected chi connectivity index (χ0v) is 8.87. The van der Waals surface area contributed by atoms with E-state index >= 15 is 0 Å². The van der Waals surface area contributed by atoms with E-state index in [0.717, 1.165) is 0 Å². The Balaban J connectivity index is 3.99. The molecule has 0 unspecified atom stereocenters. The predicted molar refractivity (Wildman–Crippen MR) is 50.6 cm³/mol. The average Bonchev–Trinajstić information content (AvgIpc) is 2.05. The molecule has 78 valence electrons. The molecule has 0 fully saturated rings. The second kappa shape index (κ2) is 7.06. The minimum atomic E-state index is -2.95. The minimum Gasteiger partial charge on any atom is -0.411 e. The van der Waals surface area contributed by atoms with E-state index in [0.29, 0.717) is 19.6 Å². The van der Waals surface area contributed by atoms with Gasteiger partial charge >= 0.3 is 7.60 Å². The van der Waals surface area contributed by atoms with Crippen LogP contribution >= 0.6 is 7.60 Å². The van der Waals surface area contributed by atoms with Gasteiger partial charge in [-0.25, -0.2) is 0 Å². The quantitative estimate of drug-likeness (QED) is 0.302. The van der Waals surface area contributed by atoms with Crippen molar-refractivity contribution >= 4 is 13.8 Å². The molecule has 5 nitrogen and oxygen atoms in total. The van der Waals surface area contributed by atoms with Crippen molar-refractivity contribution < 1.29 is 18.8 Å². The normalized spacial score (nSPS) is 12.5. The fraction of sp³-hybridized carbons (Fsp3) is 0.857. The maximum atomic E-state index is 11.7. The van der Waals surface area contributed by atoms with Gasteiger partial charge in [0.2, 0.25) is 0 Å². The van der Waals surface area contributed by atoms with Crippen LogP contribution in [-0.4, -0.2) is 30.8 Å². The smallest absolute Gasteiger partial charge is 0.331 e. The summed E-state index contributed by atoms with van der Waals surface area (Å²) in [6, 6.07) is 0. The van der Waals surface area contributed by atoms with Crippen molar-refractivity contribution in [3.8, 4) is 0 Å². The lowest BCUT2D eigenvalue weighted by Crippen LogP contribution is -2.00. The van der Waals surface area contributed by atoms with Crippen LogP contribution in [0.25, 0.3) is 0 Å². The maximum Gasteiger partial charge on any atom is 0.331 e. The molecule has 0 heterocycles. The summed E-state index contributed by atoms with van der Waals surface area (Å²) < 4.78 is 21.7. The summed E-state index contributed by atoms with van der Waals surface area (Å²) in [4.78, 5) is 0. The molecule has 0 saturated carbocycles. The largest absolute Gasteiger partial charge is 0.411 e. The van der Waals surface area contributed by atoms with Gasteiger partial charge in [0, 0.05) is 6.21 Å². The van der Waals surface area contributed by atoms with Crippen molar-refractivity contribution in [1.82, 2.24) is 0 Å². The van der Waals surface area contributed by atoms with E-state index in [2.05, 4.69) is 5.16 Å². The van der Waals surface area contributed by atoms with Crippen LogP contribution in [-0.2, 0) is 13.6 Å². The molecule has 0 amide bonds. The van der Waals surface area contributed by atoms with Crippen molar-refractivity contribution in [2.75, 3.05) is 19.4 Å². The fourth-order valence-electron chi connectivity index (χ4n) is 0.833. The van der Waals surface area contributed by atoms with E-state index < -0.39 is 7.60 Å². The summed E-state index contributed by atoms with van der Waals surface area (Å²) in [5, 5.41) is 10.9. The molecule has 0 radical (unpaired) electrons. The van der Waals surface area contributed by atoms with E-state index in [1.807, 2.05) is 0 Å². The molecule has 0 saturated heterocycles. The third kappa shape index (κ3) is 5.80. The molecule has 0 aliphatic carbocycles. The van der Waals surface area contributed by atoms with E-state index in [4.69, 9.17) is 14.3 Å². The first-order chi connectivity index (χ1) is 6.18. The topological polar surface area (TPSA) is 68.1 Å². The summed E-state index contributed by atoms with van der Waals surface area (Å²) in [5.41, 5.74) is 0. The Bertz CT molecular complexity index is 185. The van der Waals surface area contributed by atoms with Crippen molar-refractivity contribution in [1.29, 1.82) is 0 Å². The molecule has 0 atom stereocenters. The Hall–Kier alpha value is -0.380. The van der Waals surface area contributed by atoms with Crippen molar-refractivity contribution in [3.05, 3.63) is 0 Å². The van der Waals surface area contributed by atoms with Crippen LogP contribution in [0.4, 0.5) is 0 Å². The molecule has 6 heteroatoms. The molecule has 0 rings (SSSR count). The molecular weight excluding hydrogens is 193 g/mol. The molecule has 13 heavy (non-hydrogen) atoms. The summed E-state index contributed by atoms with van der Waals surface area (Å²) in [6.45, 7) is 4.22. The van der Waals surface area contributed by atoms with Gasteiger partial charge in [0.05, 0.1) is 19.4 Å². The molecule has 0 aromatic rings. The molecule has 0 spiro atoms. The average molecular weight is 209 g/mol. The lowest BCUT2D eigenvalue weighted by molar-refractivity contribution is 0.220. The summed E-state index contributed by atoms with van der Waals surface area (Å²) >= 11 is 0. The first-order valence-corrected chi connectivity index (χ1v) is 5.95. The van der Waals surface area contributed by atoms with Crippen LogP contribution in [0.15, 0.2) is 5.16 Å². The number of rotatable bonds is 7. The zero-order valence-electron chi connectivity index (χ0n) is 7.97. The first-order valence-electron chi connectivity index (χ1n) is 4.22. The highest BCUT2D eigenvalue weighted by atomic mass is 31.2. The Morgan fingerprint density at radius 3 is 2.31 bits per heavy atom. The van der Waals surface area contributed by atoms with Crippen molar-refractivity contribution in [2.45, 2.75) is 20.3 Å². The van der Waals surface area contributed by atoms with Crippen LogP contribution in [0.2, 0.25) is 0 Å². The summed E-state index contributed by atoms with van der Waals surface area (Å²) in [6.07, 6.45) is 1.90. The third-order valence-electron chi connectivity index (χ3n) is 1.27. The number of nitrogens with zero attached hydrogens (tertiary/aromatic N) is 1. The molecule has 0 aromatic heterocycles. The van der Waals surface area contributed by atoms with E-state index in [1.54, 1.807) is 13.8 Å². The van der Waals surface area contributed by atoms with Gasteiger partial charge in [-0.05, 0) is 20.3 Å². The Kier molecular flexibility index (Phi) is 6.86. The van der Waals surface area contributed by atoms with Crippen molar-refractivity contribution in [2.24, 2.45) is 5.16 Å². The summed E-state index contributed by atoms with van der Waals surface area (Å²) in [7, 11) is -2.95. The van der Waals surface area contributed by atoms with Crippen LogP contribution in [0.5, 0.6) is 0 Å². The number of hydrogen-bond donors (Lipinski definition) is 1. The zero-order chi connectivity index (χ0) is 10.2. The van der Waals surface area contributed by atoms with E-state index in [1.165, 1.54) is 6.21 Å². The lowest BCUT2D eigenvalue weighted by atomic mass is 10.5. The number of oxime groups is 1. The van der Waals surface area contributed by atoms with Gasteiger partial charge in [0.1, 0.15) is 0 Å². The third-order valence-corrected chi connectivity index (χ3v) is 3.37. The Morgan fingerprint density at radius 2 is 1.92 bits per heavy atom. The van der Waals surface area contributed by atoms with Gasteiger partial charge < -0.3 is 14.3 Å². The highest BCUT2D eigenvalue weighted by Crippen LogP contribution is 2.48. The Labute approximate surface area is 78.3 Å².